The lowest BCUT2D eigenvalue weighted by Gasteiger charge is -2.17. The first-order valence-electron chi connectivity index (χ1n) is 6.34. The fourth-order valence-corrected chi connectivity index (χ4v) is 2.38. The second-order valence-electron chi connectivity index (χ2n) is 4.67. The molecular weight excluding hydrogens is 338 g/mol. The number of nitrogens with zero attached hydrogens (tertiary/aromatic N) is 2. The highest BCUT2D eigenvalue weighted by molar-refractivity contribution is 9.10. The number of hydrogen-bond acceptors (Lipinski definition) is 3. The Bertz CT molecular complexity index is 572. The van der Waals surface area contributed by atoms with E-state index in [0.29, 0.717) is 11.6 Å². The number of benzene rings is 1. The van der Waals surface area contributed by atoms with E-state index in [-0.39, 0.29) is 0 Å². The van der Waals surface area contributed by atoms with Crippen LogP contribution in [-0.4, -0.2) is 24.0 Å². The highest BCUT2D eigenvalue weighted by atomic mass is 79.9. The van der Waals surface area contributed by atoms with Crippen LogP contribution in [0.25, 0.3) is 0 Å². The zero-order chi connectivity index (χ0) is 14.5. The van der Waals surface area contributed by atoms with E-state index >= 15 is 0 Å². The van der Waals surface area contributed by atoms with Crippen molar-refractivity contribution in [2.24, 2.45) is 0 Å². The standard InChI is InChI=1S/C15H17BrClN3/c1-18-15-8-7-13(17)14(19-15)10-20(2)9-11-3-5-12(16)6-4-11/h3-8H,9-10H2,1-2H3,(H,18,19). The number of anilines is 1. The summed E-state index contributed by atoms with van der Waals surface area (Å²) in [5.74, 6) is 0.835. The lowest BCUT2D eigenvalue weighted by Crippen LogP contribution is -2.18. The van der Waals surface area contributed by atoms with Crippen LogP contribution in [0.1, 0.15) is 11.3 Å². The van der Waals surface area contributed by atoms with Gasteiger partial charge in [-0.05, 0) is 36.9 Å². The first kappa shape index (κ1) is 15.3. The SMILES string of the molecule is CNc1ccc(Cl)c(CN(C)Cc2ccc(Br)cc2)n1. The summed E-state index contributed by atoms with van der Waals surface area (Å²) in [6, 6.07) is 12.1. The molecule has 0 fully saturated rings. The normalized spacial score (nSPS) is 10.8. The molecule has 1 aromatic heterocycles. The molecule has 1 N–H and O–H groups in total. The summed E-state index contributed by atoms with van der Waals surface area (Å²) >= 11 is 9.64. The van der Waals surface area contributed by atoms with Crippen LogP contribution in [0.4, 0.5) is 5.82 Å². The number of rotatable bonds is 5. The molecule has 0 unspecified atom stereocenters. The van der Waals surface area contributed by atoms with Crippen molar-refractivity contribution in [3.8, 4) is 0 Å². The second-order valence-corrected chi connectivity index (χ2v) is 6.00. The number of halogens is 2. The maximum atomic E-state index is 6.20. The molecule has 3 nitrogen and oxygen atoms in total. The summed E-state index contributed by atoms with van der Waals surface area (Å²) < 4.78 is 1.09. The molecule has 0 saturated heterocycles. The number of nitrogens with one attached hydrogen (secondary N) is 1. The minimum Gasteiger partial charge on any atom is -0.373 e. The fourth-order valence-electron chi connectivity index (χ4n) is 1.95. The van der Waals surface area contributed by atoms with Crippen LogP contribution in [0.5, 0.6) is 0 Å². The monoisotopic (exact) mass is 353 g/mol. The molecule has 106 valence electrons. The van der Waals surface area contributed by atoms with Crippen molar-refractivity contribution in [2.45, 2.75) is 13.1 Å². The Labute approximate surface area is 133 Å². The maximum Gasteiger partial charge on any atom is 0.126 e. The predicted octanol–water partition coefficient (Wildman–Crippen LogP) is 4.17. The molecule has 0 spiro atoms. The van der Waals surface area contributed by atoms with E-state index < -0.39 is 0 Å². The molecule has 1 aromatic carbocycles. The first-order valence-corrected chi connectivity index (χ1v) is 7.51. The summed E-state index contributed by atoms with van der Waals surface area (Å²) in [6.45, 7) is 1.57. The van der Waals surface area contributed by atoms with Crippen molar-refractivity contribution in [1.82, 2.24) is 9.88 Å². The Morgan fingerprint density at radius 3 is 2.50 bits per heavy atom. The van der Waals surface area contributed by atoms with E-state index in [2.05, 4.69) is 62.4 Å². The van der Waals surface area contributed by atoms with Crippen molar-refractivity contribution in [3.63, 3.8) is 0 Å². The van der Waals surface area contributed by atoms with Crippen molar-refractivity contribution in [2.75, 3.05) is 19.4 Å². The average Bonchev–Trinajstić information content (AvgIpc) is 2.44. The van der Waals surface area contributed by atoms with Crippen LogP contribution in [0.15, 0.2) is 40.9 Å². The van der Waals surface area contributed by atoms with E-state index in [1.807, 2.05) is 19.2 Å². The Balaban J connectivity index is 2.04. The summed E-state index contributed by atoms with van der Waals surface area (Å²) in [7, 11) is 3.91. The van der Waals surface area contributed by atoms with Gasteiger partial charge in [0.05, 0.1) is 10.7 Å². The molecule has 20 heavy (non-hydrogen) atoms. The third-order valence-corrected chi connectivity index (χ3v) is 3.83. The van der Waals surface area contributed by atoms with Gasteiger partial charge in [0, 0.05) is 24.6 Å². The lowest BCUT2D eigenvalue weighted by molar-refractivity contribution is 0.315. The molecule has 2 rings (SSSR count). The number of aromatic nitrogens is 1. The summed E-state index contributed by atoms with van der Waals surface area (Å²) in [5, 5.41) is 3.73. The number of hydrogen-bond donors (Lipinski definition) is 1. The fraction of sp³-hybridized carbons (Fsp3) is 0.267. The van der Waals surface area contributed by atoms with Crippen LogP contribution in [0.2, 0.25) is 5.02 Å². The molecule has 2 aromatic rings. The van der Waals surface area contributed by atoms with Gasteiger partial charge in [-0.15, -0.1) is 0 Å². The highest BCUT2D eigenvalue weighted by Crippen LogP contribution is 2.19. The van der Waals surface area contributed by atoms with E-state index in [9.17, 15) is 0 Å². The zero-order valence-electron chi connectivity index (χ0n) is 11.5. The van der Waals surface area contributed by atoms with E-state index in [1.54, 1.807) is 0 Å². The van der Waals surface area contributed by atoms with E-state index in [4.69, 9.17) is 11.6 Å². The molecule has 0 aliphatic heterocycles. The van der Waals surface area contributed by atoms with Gasteiger partial charge in [-0.25, -0.2) is 4.98 Å². The largest absolute Gasteiger partial charge is 0.373 e. The van der Waals surface area contributed by atoms with Crippen LogP contribution in [0.3, 0.4) is 0 Å². The molecule has 0 bridgehead atoms. The number of pyridine rings is 1. The molecular formula is C15H17BrClN3. The van der Waals surface area contributed by atoms with Gasteiger partial charge in [0.25, 0.3) is 0 Å². The molecule has 0 amide bonds. The highest BCUT2D eigenvalue weighted by Gasteiger charge is 2.08. The third kappa shape index (κ3) is 4.20. The summed E-state index contributed by atoms with van der Waals surface area (Å²) in [6.07, 6.45) is 0. The topological polar surface area (TPSA) is 28.2 Å². The minimum atomic E-state index is 0.701. The van der Waals surface area contributed by atoms with Gasteiger partial charge in [-0.3, -0.25) is 4.90 Å². The molecule has 0 radical (unpaired) electrons. The van der Waals surface area contributed by atoms with E-state index in [0.717, 1.165) is 22.5 Å². The van der Waals surface area contributed by atoms with Crippen LogP contribution < -0.4 is 5.32 Å². The third-order valence-electron chi connectivity index (χ3n) is 2.96. The van der Waals surface area contributed by atoms with Crippen molar-refractivity contribution >= 4 is 33.3 Å². The van der Waals surface area contributed by atoms with Gasteiger partial charge >= 0.3 is 0 Å². The Morgan fingerprint density at radius 2 is 1.85 bits per heavy atom. The van der Waals surface area contributed by atoms with Crippen LogP contribution in [0, 0.1) is 0 Å². The summed E-state index contributed by atoms with van der Waals surface area (Å²) in [4.78, 5) is 6.69. The molecule has 0 aliphatic carbocycles. The van der Waals surface area contributed by atoms with Crippen molar-refractivity contribution in [1.29, 1.82) is 0 Å². The van der Waals surface area contributed by atoms with Gasteiger partial charge in [-0.2, -0.15) is 0 Å². The van der Waals surface area contributed by atoms with Crippen molar-refractivity contribution in [3.05, 3.63) is 57.2 Å². The van der Waals surface area contributed by atoms with Crippen LogP contribution >= 0.6 is 27.5 Å². The minimum absolute atomic E-state index is 0.701. The first-order chi connectivity index (χ1) is 9.58. The average molecular weight is 355 g/mol. The predicted molar refractivity (Wildman–Crippen MR) is 88.1 cm³/mol. The van der Waals surface area contributed by atoms with Gasteiger partial charge in [-0.1, -0.05) is 39.7 Å². The van der Waals surface area contributed by atoms with Gasteiger partial charge in [0.1, 0.15) is 5.82 Å². The second kappa shape index (κ2) is 7.07. The van der Waals surface area contributed by atoms with Gasteiger partial charge in [0.15, 0.2) is 0 Å². The molecule has 0 atom stereocenters. The summed E-state index contributed by atoms with van der Waals surface area (Å²) in [5.41, 5.74) is 2.15. The molecule has 0 aliphatic rings. The van der Waals surface area contributed by atoms with Crippen LogP contribution in [-0.2, 0) is 13.1 Å². The maximum absolute atomic E-state index is 6.20. The smallest absolute Gasteiger partial charge is 0.126 e. The van der Waals surface area contributed by atoms with Crippen molar-refractivity contribution < 1.29 is 0 Å². The Kier molecular flexibility index (Phi) is 5.40. The molecule has 1 heterocycles. The quantitative estimate of drug-likeness (QED) is 0.873. The molecule has 5 heteroatoms. The Hall–Kier alpha value is -1.10. The van der Waals surface area contributed by atoms with E-state index in [1.165, 1.54) is 5.56 Å². The van der Waals surface area contributed by atoms with Gasteiger partial charge in [0.2, 0.25) is 0 Å². The molecule has 0 saturated carbocycles. The van der Waals surface area contributed by atoms with Gasteiger partial charge < -0.3 is 5.32 Å². The Morgan fingerprint density at radius 1 is 1.15 bits per heavy atom. The zero-order valence-corrected chi connectivity index (χ0v) is 13.9. The lowest BCUT2D eigenvalue weighted by atomic mass is 10.2.